The number of rotatable bonds is 4. The molecule has 1 aromatic carbocycles. The number of morpholine rings is 1. The molecule has 4 aliphatic rings. The van der Waals surface area contributed by atoms with Crippen LogP contribution in [0.25, 0.3) is 0 Å². The van der Waals surface area contributed by atoms with Gasteiger partial charge in [-0.3, -0.25) is 14.6 Å². The summed E-state index contributed by atoms with van der Waals surface area (Å²) < 4.78 is 16.5. The highest BCUT2D eigenvalue weighted by Gasteiger charge is 2.55. The fourth-order valence-electron chi connectivity index (χ4n) is 5.76. The SMILES string of the molecule is COc1ccc(C(=O)N2C[C@@H]3COCCN3C3(CN(CC4CCOCC4)C3)C2)cc1. The number of hydrogen-bond acceptors (Lipinski definition) is 6. The van der Waals surface area contributed by atoms with Gasteiger partial charge in [-0.05, 0) is 43.0 Å². The lowest BCUT2D eigenvalue weighted by Crippen LogP contribution is -2.81. The highest BCUT2D eigenvalue weighted by molar-refractivity contribution is 5.94. The average Bonchev–Trinajstić information content (AvgIpc) is 2.78. The first-order valence-corrected chi connectivity index (χ1v) is 11.2. The van der Waals surface area contributed by atoms with Crippen molar-refractivity contribution in [3.63, 3.8) is 0 Å². The maximum atomic E-state index is 13.3. The molecule has 7 heteroatoms. The van der Waals surface area contributed by atoms with Gasteiger partial charge in [0, 0.05) is 58.0 Å². The predicted octanol–water partition coefficient (Wildman–Crippen LogP) is 1.33. The van der Waals surface area contributed by atoms with E-state index in [1.165, 1.54) is 12.8 Å². The molecule has 0 aliphatic carbocycles. The first kappa shape index (κ1) is 20.2. The molecule has 1 spiro atoms. The van der Waals surface area contributed by atoms with Crippen molar-refractivity contribution in [1.29, 1.82) is 0 Å². The van der Waals surface area contributed by atoms with Gasteiger partial charge >= 0.3 is 0 Å². The third kappa shape index (κ3) is 3.84. The van der Waals surface area contributed by atoms with E-state index in [1.54, 1.807) is 7.11 Å². The molecule has 0 N–H and O–H groups in total. The zero-order valence-electron chi connectivity index (χ0n) is 17.9. The van der Waals surface area contributed by atoms with Crippen LogP contribution < -0.4 is 4.74 Å². The molecular formula is C23H33N3O4. The predicted molar refractivity (Wildman–Crippen MR) is 113 cm³/mol. The quantitative estimate of drug-likeness (QED) is 0.740. The lowest BCUT2D eigenvalue weighted by atomic mass is 9.81. The van der Waals surface area contributed by atoms with Gasteiger partial charge < -0.3 is 19.1 Å². The topological polar surface area (TPSA) is 54.5 Å². The summed E-state index contributed by atoms with van der Waals surface area (Å²) in [6, 6.07) is 7.76. The van der Waals surface area contributed by atoms with Gasteiger partial charge in [0.05, 0.1) is 31.9 Å². The van der Waals surface area contributed by atoms with Crippen molar-refractivity contribution in [3.8, 4) is 5.75 Å². The molecule has 164 valence electrons. The largest absolute Gasteiger partial charge is 0.497 e. The van der Waals surface area contributed by atoms with E-state index >= 15 is 0 Å². The molecule has 1 amide bonds. The number of piperazine rings is 1. The average molecular weight is 416 g/mol. The first-order valence-electron chi connectivity index (χ1n) is 11.2. The second kappa shape index (κ2) is 8.46. The van der Waals surface area contributed by atoms with Crippen molar-refractivity contribution < 1.29 is 19.0 Å². The number of amides is 1. The van der Waals surface area contributed by atoms with E-state index in [9.17, 15) is 4.79 Å². The van der Waals surface area contributed by atoms with Gasteiger partial charge in [0.1, 0.15) is 5.75 Å². The number of fused-ring (bicyclic) bond motifs is 2. The van der Waals surface area contributed by atoms with Crippen molar-refractivity contribution in [2.24, 2.45) is 5.92 Å². The fraction of sp³-hybridized carbons (Fsp3) is 0.696. The molecule has 0 radical (unpaired) electrons. The van der Waals surface area contributed by atoms with Crippen molar-refractivity contribution in [2.75, 3.05) is 72.8 Å². The summed E-state index contributed by atoms with van der Waals surface area (Å²) in [5, 5.41) is 0. The number of nitrogens with zero attached hydrogens (tertiary/aromatic N) is 3. The molecular weight excluding hydrogens is 382 g/mol. The number of likely N-dealkylation sites (tertiary alicyclic amines) is 1. The first-order chi connectivity index (χ1) is 14.7. The van der Waals surface area contributed by atoms with Crippen molar-refractivity contribution in [1.82, 2.24) is 14.7 Å². The van der Waals surface area contributed by atoms with E-state index < -0.39 is 0 Å². The van der Waals surface area contributed by atoms with Crippen LogP contribution in [0.1, 0.15) is 23.2 Å². The highest BCUT2D eigenvalue weighted by atomic mass is 16.5. The van der Waals surface area contributed by atoms with Gasteiger partial charge in [-0.1, -0.05) is 0 Å². The Bertz CT molecular complexity index is 743. The third-order valence-electron chi connectivity index (χ3n) is 7.27. The lowest BCUT2D eigenvalue weighted by molar-refractivity contribution is -0.161. The summed E-state index contributed by atoms with van der Waals surface area (Å²) in [7, 11) is 1.64. The molecule has 0 bridgehead atoms. The standard InChI is InChI=1S/C23H33N3O4/c1-28-21-4-2-19(3-5-21)22(27)25-13-20-14-30-11-8-26(20)23(17-25)15-24(16-23)12-18-6-9-29-10-7-18/h2-5,18,20H,6-17H2,1H3/t20-/m1/s1. The van der Waals surface area contributed by atoms with Crippen LogP contribution in [0.4, 0.5) is 0 Å². The number of ether oxygens (including phenoxy) is 3. The second-order valence-electron chi connectivity index (χ2n) is 9.29. The van der Waals surface area contributed by atoms with Gasteiger partial charge in [-0.25, -0.2) is 0 Å². The number of carbonyl (C=O) groups excluding carboxylic acids is 1. The molecule has 4 aliphatic heterocycles. The van der Waals surface area contributed by atoms with Crippen LogP contribution in [0.15, 0.2) is 24.3 Å². The fourth-order valence-corrected chi connectivity index (χ4v) is 5.76. The van der Waals surface area contributed by atoms with E-state index in [1.807, 2.05) is 24.3 Å². The smallest absolute Gasteiger partial charge is 0.253 e. The van der Waals surface area contributed by atoms with Crippen LogP contribution in [0, 0.1) is 5.92 Å². The van der Waals surface area contributed by atoms with E-state index in [-0.39, 0.29) is 11.4 Å². The minimum absolute atomic E-state index is 0.0694. The number of carbonyl (C=O) groups is 1. The van der Waals surface area contributed by atoms with Crippen LogP contribution >= 0.6 is 0 Å². The number of methoxy groups -OCH3 is 1. The van der Waals surface area contributed by atoms with Gasteiger partial charge in [0.15, 0.2) is 0 Å². The Morgan fingerprint density at radius 2 is 1.87 bits per heavy atom. The molecule has 1 atom stereocenters. The maximum Gasteiger partial charge on any atom is 0.253 e. The van der Waals surface area contributed by atoms with Crippen molar-refractivity contribution in [3.05, 3.63) is 29.8 Å². The molecule has 0 aromatic heterocycles. The summed E-state index contributed by atoms with van der Waals surface area (Å²) in [4.78, 5) is 20.6. The Balaban J connectivity index is 1.28. The molecule has 30 heavy (non-hydrogen) atoms. The Morgan fingerprint density at radius 1 is 1.10 bits per heavy atom. The number of hydrogen-bond donors (Lipinski definition) is 0. The zero-order chi connectivity index (χ0) is 20.6. The Labute approximate surface area is 178 Å². The summed E-state index contributed by atoms with van der Waals surface area (Å²) >= 11 is 0. The Morgan fingerprint density at radius 3 is 2.60 bits per heavy atom. The third-order valence-corrected chi connectivity index (χ3v) is 7.27. The lowest BCUT2D eigenvalue weighted by Gasteiger charge is -2.63. The molecule has 0 saturated carbocycles. The second-order valence-corrected chi connectivity index (χ2v) is 9.29. The monoisotopic (exact) mass is 415 g/mol. The molecule has 7 nitrogen and oxygen atoms in total. The van der Waals surface area contributed by atoms with Gasteiger partial charge in [0.25, 0.3) is 5.91 Å². The van der Waals surface area contributed by atoms with Crippen LogP contribution in [0.3, 0.4) is 0 Å². The molecule has 5 rings (SSSR count). The van der Waals surface area contributed by atoms with Crippen molar-refractivity contribution in [2.45, 2.75) is 24.4 Å². The molecule has 0 unspecified atom stereocenters. The van der Waals surface area contributed by atoms with E-state index in [0.717, 1.165) is 76.3 Å². The summed E-state index contributed by atoms with van der Waals surface area (Å²) in [6.07, 6.45) is 2.34. The minimum atomic E-state index is 0.0694. The zero-order valence-corrected chi connectivity index (χ0v) is 17.9. The molecule has 4 saturated heterocycles. The maximum absolute atomic E-state index is 13.3. The number of benzene rings is 1. The van der Waals surface area contributed by atoms with E-state index in [0.29, 0.717) is 12.6 Å². The molecule has 4 fully saturated rings. The summed E-state index contributed by atoms with van der Waals surface area (Å²) in [5.74, 6) is 1.64. The van der Waals surface area contributed by atoms with Crippen molar-refractivity contribution >= 4 is 5.91 Å². The molecule has 4 heterocycles. The van der Waals surface area contributed by atoms with Crippen LogP contribution in [-0.4, -0.2) is 105 Å². The van der Waals surface area contributed by atoms with Crippen LogP contribution in [0.5, 0.6) is 5.75 Å². The highest BCUT2D eigenvalue weighted by Crippen LogP contribution is 2.37. The molecule has 1 aromatic rings. The normalized spacial score (nSPS) is 27.5. The van der Waals surface area contributed by atoms with Crippen LogP contribution in [0.2, 0.25) is 0 Å². The summed E-state index contributed by atoms with van der Waals surface area (Å²) in [6.45, 7) is 9.09. The summed E-state index contributed by atoms with van der Waals surface area (Å²) in [5.41, 5.74) is 0.800. The minimum Gasteiger partial charge on any atom is -0.497 e. The Hall–Kier alpha value is -1.67. The van der Waals surface area contributed by atoms with E-state index in [4.69, 9.17) is 14.2 Å². The van der Waals surface area contributed by atoms with E-state index in [2.05, 4.69) is 14.7 Å². The van der Waals surface area contributed by atoms with Gasteiger partial charge in [-0.15, -0.1) is 0 Å². The van der Waals surface area contributed by atoms with Gasteiger partial charge in [0.2, 0.25) is 0 Å². The Kier molecular flexibility index (Phi) is 5.71. The van der Waals surface area contributed by atoms with Gasteiger partial charge in [-0.2, -0.15) is 0 Å². The van der Waals surface area contributed by atoms with Crippen LogP contribution in [-0.2, 0) is 9.47 Å².